The predicted octanol–water partition coefficient (Wildman–Crippen LogP) is 4.20. The first-order valence-electron chi connectivity index (χ1n) is 6.54. The van der Waals surface area contributed by atoms with Crippen molar-refractivity contribution in [2.24, 2.45) is 0 Å². The van der Waals surface area contributed by atoms with Crippen molar-refractivity contribution >= 4 is 28.8 Å². The molecule has 3 rings (SSSR count). The smallest absolute Gasteiger partial charge is 0.246 e. The standard InChI is InChI=1S/C16H13ClFNOS/c1-2-16(20)19-8-12(10-5-3-4-6-13(10)18)11-7-15(17)21-14(11)9-19/h2-7,12H,1,8-9H2/t12-/m1/s1. The fraction of sp³-hybridized carbons (Fsp3) is 0.188. The van der Waals surface area contributed by atoms with Crippen molar-refractivity contribution < 1.29 is 9.18 Å². The van der Waals surface area contributed by atoms with E-state index in [4.69, 9.17) is 11.6 Å². The van der Waals surface area contributed by atoms with Crippen molar-refractivity contribution in [3.8, 4) is 0 Å². The molecule has 0 spiro atoms. The first-order chi connectivity index (χ1) is 10.1. The summed E-state index contributed by atoms with van der Waals surface area (Å²) in [6.45, 7) is 4.46. The molecule has 21 heavy (non-hydrogen) atoms. The molecular weight excluding hydrogens is 309 g/mol. The maximum Gasteiger partial charge on any atom is 0.246 e. The van der Waals surface area contributed by atoms with E-state index in [9.17, 15) is 9.18 Å². The molecule has 0 unspecified atom stereocenters. The molecule has 2 aromatic rings. The summed E-state index contributed by atoms with van der Waals surface area (Å²) in [5, 5.41) is 0. The molecule has 1 aromatic carbocycles. The molecule has 2 nitrogen and oxygen atoms in total. The van der Waals surface area contributed by atoms with Gasteiger partial charge in [-0.05, 0) is 29.3 Å². The third-order valence-corrected chi connectivity index (χ3v) is 4.96. The van der Waals surface area contributed by atoms with Gasteiger partial charge in [0.25, 0.3) is 0 Å². The van der Waals surface area contributed by atoms with Gasteiger partial charge in [-0.15, -0.1) is 11.3 Å². The summed E-state index contributed by atoms with van der Waals surface area (Å²) in [7, 11) is 0. The lowest BCUT2D eigenvalue weighted by atomic mass is 9.88. The van der Waals surface area contributed by atoms with Crippen LogP contribution in [0.4, 0.5) is 4.39 Å². The molecule has 1 atom stereocenters. The molecule has 0 fully saturated rings. The number of amides is 1. The number of hydrogen-bond acceptors (Lipinski definition) is 2. The maximum atomic E-state index is 14.1. The van der Waals surface area contributed by atoms with Crippen LogP contribution in [0.1, 0.15) is 21.9 Å². The minimum atomic E-state index is -0.260. The number of fused-ring (bicyclic) bond motifs is 1. The van der Waals surface area contributed by atoms with Gasteiger partial charge < -0.3 is 4.90 Å². The van der Waals surface area contributed by atoms with Crippen molar-refractivity contribution in [3.05, 3.63) is 69.1 Å². The molecule has 0 saturated heterocycles. The van der Waals surface area contributed by atoms with Crippen LogP contribution >= 0.6 is 22.9 Å². The molecule has 1 amide bonds. The lowest BCUT2D eigenvalue weighted by molar-refractivity contribution is -0.127. The van der Waals surface area contributed by atoms with Crippen molar-refractivity contribution in [2.45, 2.75) is 12.5 Å². The molecule has 1 aliphatic heterocycles. The molecule has 0 N–H and O–H groups in total. The summed E-state index contributed by atoms with van der Waals surface area (Å²) in [5.41, 5.74) is 1.61. The Morgan fingerprint density at radius 2 is 2.19 bits per heavy atom. The van der Waals surface area contributed by atoms with Gasteiger partial charge in [-0.1, -0.05) is 36.4 Å². The van der Waals surface area contributed by atoms with Crippen LogP contribution in [0.2, 0.25) is 4.34 Å². The van der Waals surface area contributed by atoms with E-state index in [1.54, 1.807) is 23.1 Å². The van der Waals surface area contributed by atoms with Gasteiger partial charge in [0.1, 0.15) is 5.82 Å². The summed E-state index contributed by atoms with van der Waals surface area (Å²) >= 11 is 7.55. The van der Waals surface area contributed by atoms with Gasteiger partial charge in [0.15, 0.2) is 0 Å². The first-order valence-corrected chi connectivity index (χ1v) is 7.73. The Kier molecular flexibility index (Phi) is 3.83. The van der Waals surface area contributed by atoms with Gasteiger partial charge in [-0.2, -0.15) is 0 Å². The second kappa shape index (κ2) is 5.62. The average Bonchev–Trinajstić information content (AvgIpc) is 2.86. The van der Waals surface area contributed by atoms with E-state index in [-0.39, 0.29) is 17.6 Å². The Balaban J connectivity index is 2.08. The number of carbonyl (C=O) groups is 1. The zero-order valence-electron chi connectivity index (χ0n) is 11.2. The molecular formula is C16H13ClFNOS. The third-order valence-electron chi connectivity index (χ3n) is 3.69. The van der Waals surface area contributed by atoms with Crippen LogP contribution in [-0.4, -0.2) is 17.4 Å². The molecule has 1 aromatic heterocycles. The average molecular weight is 322 g/mol. The Morgan fingerprint density at radius 1 is 1.43 bits per heavy atom. The molecule has 0 radical (unpaired) electrons. The largest absolute Gasteiger partial charge is 0.333 e. The van der Waals surface area contributed by atoms with E-state index in [0.717, 1.165) is 10.4 Å². The summed E-state index contributed by atoms with van der Waals surface area (Å²) in [6.07, 6.45) is 1.29. The van der Waals surface area contributed by atoms with Gasteiger partial charge in [0.2, 0.25) is 5.91 Å². The van der Waals surface area contributed by atoms with Crippen LogP contribution in [0.3, 0.4) is 0 Å². The fourth-order valence-corrected chi connectivity index (χ4v) is 4.06. The van der Waals surface area contributed by atoms with E-state index in [0.29, 0.717) is 23.0 Å². The summed E-state index contributed by atoms with van der Waals surface area (Å²) < 4.78 is 14.8. The van der Waals surface area contributed by atoms with Crippen LogP contribution in [-0.2, 0) is 11.3 Å². The van der Waals surface area contributed by atoms with Crippen LogP contribution in [0, 0.1) is 5.82 Å². The molecule has 1 aliphatic rings. The maximum absolute atomic E-state index is 14.1. The number of halogens is 2. The minimum Gasteiger partial charge on any atom is -0.333 e. The molecule has 0 aliphatic carbocycles. The highest BCUT2D eigenvalue weighted by molar-refractivity contribution is 7.16. The second-order valence-electron chi connectivity index (χ2n) is 4.93. The number of nitrogens with zero attached hydrogens (tertiary/aromatic N) is 1. The highest BCUT2D eigenvalue weighted by Gasteiger charge is 2.31. The molecule has 2 heterocycles. The number of hydrogen-bond donors (Lipinski definition) is 0. The zero-order valence-corrected chi connectivity index (χ0v) is 12.8. The van der Waals surface area contributed by atoms with Crippen LogP contribution < -0.4 is 0 Å². The summed E-state index contributed by atoms with van der Waals surface area (Å²) in [6, 6.07) is 8.55. The minimum absolute atomic E-state index is 0.147. The van der Waals surface area contributed by atoms with Crippen molar-refractivity contribution in [2.75, 3.05) is 6.54 Å². The Labute approximate surface area is 131 Å². The van der Waals surface area contributed by atoms with Gasteiger partial charge in [-0.3, -0.25) is 4.79 Å². The van der Waals surface area contributed by atoms with E-state index >= 15 is 0 Å². The fourth-order valence-electron chi connectivity index (χ4n) is 2.70. The Morgan fingerprint density at radius 3 is 2.90 bits per heavy atom. The summed E-state index contributed by atoms with van der Waals surface area (Å²) in [5.74, 6) is -0.599. The van der Waals surface area contributed by atoms with Gasteiger partial charge in [0.05, 0.1) is 10.9 Å². The van der Waals surface area contributed by atoms with Crippen molar-refractivity contribution in [1.29, 1.82) is 0 Å². The molecule has 108 valence electrons. The van der Waals surface area contributed by atoms with Gasteiger partial charge in [-0.25, -0.2) is 4.39 Å². The van der Waals surface area contributed by atoms with Crippen molar-refractivity contribution in [1.82, 2.24) is 4.90 Å². The van der Waals surface area contributed by atoms with E-state index in [1.165, 1.54) is 23.5 Å². The van der Waals surface area contributed by atoms with Crippen LogP contribution in [0.15, 0.2) is 43.0 Å². The molecule has 5 heteroatoms. The Bertz CT molecular complexity index is 712. The third kappa shape index (κ3) is 2.61. The SMILES string of the molecule is C=CC(=O)N1Cc2sc(Cl)cc2[C@@H](c2ccccc2F)C1. The van der Waals surface area contributed by atoms with E-state index in [2.05, 4.69) is 6.58 Å². The van der Waals surface area contributed by atoms with Gasteiger partial charge in [0, 0.05) is 17.3 Å². The quantitative estimate of drug-likeness (QED) is 0.759. The number of thiophene rings is 1. The number of rotatable bonds is 2. The van der Waals surface area contributed by atoms with Crippen molar-refractivity contribution in [3.63, 3.8) is 0 Å². The number of benzene rings is 1. The lowest BCUT2D eigenvalue weighted by Crippen LogP contribution is -2.37. The molecule has 0 saturated carbocycles. The number of carbonyl (C=O) groups excluding carboxylic acids is 1. The lowest BCUT2D eigenvalue weighted by Gasteiger charge is -2.32. The van der Waals surface area contributed by atoms with Gasteiger partial charge >= 0.3 is 0 Å². The van der Waals surface area contributed by atoms with E-state index in [1.807, 2.05) is 6.07 Å². The normalized spacial score (nSPS) is 17.4. The van der Waals surface area contributed by atoms with Crippen LogP contribution in [0.25, 0.3) is 0 Å². The Hall–Kier alpha value is -1.65. The zero-order chi connectivity index (χ0) is 15.0. The summed E-state index contributed by atoms with van der Waals surface area (Å²) in [4.78, 5) is 14.6. The van der Waals surface area contributed by atoms with E-state index < -0.39 is 0 Å². The second-order valence-corrected chi connectivity index (χ2v) is 6.69. The molecule has 0 bridgehead atoms. The first kappa shape index (κ1) is 14.3. The van der Waals surface area contributed by atoms with Crippen LogP contribution in [0.5, 0.6) is 0 Å². The monoisotopic (exact) mass is 321 g/mol. The topological polar surface area (TPSA) is 20.3 Å². The highest BCUT2D eigenvalue weighted by Crippen LogP contribution is 2.40. The predicted molar refractivity (Wildman–Crippen MR) is 83.2 cm³/mol. The highest BCUT2D eigenvalue weighted by atomic mass is 35.5.